The summed E-state index contributed by atoms with van der Waals surface area (Å²) in [7, 11) is 0. The molecule has 0 aromatic carbocycles. The second kappa shape index (κ2) is 4.62. The van der Waals surface area contributed by atoms with Crippen molar-refractivity contribution in [2.75, 3.05) is 6.61 Å². The van der Waals surface area contributed by atoms with Gasteiger partial charge in [-0.2, -0.15) is 0 Å². The number of aliphatic carboxylic acids is 1. The van der Waals surface area contributed by atoms with Crippen molar-refractivity contribution in [1.29, 1.82) is 0 Å². The molecule has 1 atom stereocenters. The lowest BCUT2D eigenvalue weighted by atomic mass is 9.95. The lowest BCUT2D eigenvalue weighted by Gasteiger charge is -2.23. The van der Waals surface area contributed by atoms with E-state index in [1.165, 1.54) is 5.57 Å². The minimum atomic E-state index is -0.825. The van der Waals surface area contributed by atoms with Crippen LogP contribution in [0.25, 0.3) is 0 Å². The van der Waals surface area contributed by atoms with E-state index >= 15 is 0 Å². The quantitative estimate of drug-likeness (QED) is 0.775. The number of rotatable bonds is 4. The summed E-state index contributed by atoms with van der Waals surface area (Å²) < 4.78 is 5.55. The zero-order valence-electron chi connectivity index (χ0n) is 9.49. The van der Waals surface area contributed by atoms with E-state index in [4.69, 9.17) is 9.84 Å². The minimum Gasteiger partial charge on any atom is -0.481 e. The van der Waals surface area contributed by atoms with E-state index in [1.807, 2.05) is 19.1 Å². The molecule has 0 amide bonds. The van der Waals surface area contributed by atoms with Crippen molar-refractivity contribution in [3.63, 3.8) is 0 Å². The maximum absolute atomic E-state index is 10.8. The second-order valence-electron chi connectivity index (χ2n) is 4.58. The fourth-order valence-corrected chi connectivity index (χ4v) is 1.21. The lowest BCUT2D eigenvalue weighted by molar-refractivity contribution is -0.151. The van der Waals surface area contributed by atoms with Crippen molar-refractivity contribution in [1.82, 2.24) is 0 Å². The van der Waals surface area contributed by atoms with Crippen molar-refractivity contribution in [3.05, 3.63) is 23.8 Å². The van der Waals surface area contributed by atoms with E-state index in [0.717, 1.165) is 6.42 Å². The molecule has 3 heteroatoms. The number of carbonyl (C=O) groups is 1. The van der Waals surface area contributed by atoms with Crippen LogP contribution in [-0.2, 0) is 9.53 Å². The molecule has 1 aliphatic carbocycles. The topological polar surface area (TPSA) is 46.5 Å². The Kier molecular flexibility index (Phi) is 3.69. The zero-order valence-corrected chi connectivity index (χ0v) is 9.49. The maximum Gasteiger partial charge on any atom is 0.311 e. The van der Waals surface area contributed by atoms with Gasteiger partial charge in [0.25, 0.3) is 0 Å². The molecule has 1 rings (SSSR count). The molecule has 0 saturated heterocycles. The SMILES string of the molecule is CC1=CCC(OCC(C)(C)C(=O)O)C=C1. The van der Waals surface area contributed by atoms with Gasteiger partial charge in [0.05, 0.1) is 18.1 Å². The van der Waals surface area contributed by atoms with Gasteiger partial charge in [-0.15, -0.1) is 0 Å². The van der Waals surface area contributed by atoms with Crippen LogP contribution in [0.15, 0.2) is 23.8 Å². The molecule has 0 aliphatic heterocycles. The standard InChI is InChI=1S/C12H18O3/c1-9-4-6-10(7-5-9)15-8-12(2,3)11(13)14/h4-6,10H,7-8H2,1-3H3,(H,13,14). The molecule has 0 aromatic heterocycles. The number of hydrogen-bond acceptors (Lipinski definition) is 2. The second-order valence-corrected chi connectivity index (χ2v) is 4.58. The number of carboxylic acids is 1. The Balaban J connectivity index is 2.39. The highest BCUT2D eigenvalue weighted by Crippen LogP contribution is 2.19. The first-order chi connectivity index (χ1) is 6.92. The first kappa shape index (κ1) is 12.0. The molecule has 15 heavy (non-hydrogen) atoms. The smallest absolute Gasteiger partial charge is 0.311 e. The van der Waals surface area contributed by atoms with Crippen molar-refractivity contribution in [2.45, 2.75) is 33.3 Å². The Morgan fingerprint density at radius 3 is 2.80 bits per heavy atom. The first-order valence-corrected chi connectivity index (χ1v) is 5.12. The van der Waals surface area contributed by atoms with E-state index < -0.39 is 11.4 Å². The van der Waals surface area contributed by atoms with Gasteiger partial charge in [0, 0.05) is 0 Å². The Labute approximate surface area is 90.4 Å². The fraction of sp³-hybridized carbons (Fsp3) is 0.583. The van der Waals surface area contributed by atoms with Gasteiger partial charge >= 0.3 is 5.97 Å². The number of hydrogen-bond donors (Lipinski definition) is 1. The zero-order chi connectivity index (χ0) is 11.5. The number of allylic oxidation sites excluding steroid dienone is 2. The summed E-state index contributed by atoms with van der Waals surface area (Å²) in [5, 5.41) is 8.90. The first-order valence-electron chi connectivity index (χ1n) is 5.12. The summed E-state index contributed by atoms with van der Waals surface area (Å²) >= 11 is 0. The number of ether oxygens (including phenoxy) is 1. The van der Waals surface area contributed by atoms with Gasteiger partial charge in [0.1, 0.15) is 0 Å². The van der Waals surface area contributed by atoms with Crippen LogP contribution in [0.3, 0.4) is 0 Å². The summed E-state index contributed by atoms with van der Waals surface area (Å²) in [6.45, 7) is 5.62. The molecular formula is C12H18O3. The molecule has 0 aromatic rings. The van der Waals surface area contributed by atoms with Crippen molar-refractivity contribution in [3.8, 4) is 0 Å². The number of carboxylic acid groups (broad SMARTS) is 1. The van der Waals surface area contributed by atoms with Gasteiger partial charge in [0.15, 0.2) is 0 Å². The third-order valence-corrected chi connectivity index (χ3v) is 2.48. The summed E-state index contributed by atoms with van der Waals surface area (Å²) in [5.41, 5.74) is 0.414. The van der Waals surface area contributed by atoms with Gasteiger partial charge < -0.3 is 9.84 Å². The van der Waals surface area contributed by atoms with Crippen LogP contribution < -0.4 is 0 Å². The third kappa shape index (κ3) is 3.51. The summed E-state index contributed by atoms with van der Waals surface area (Å²) in [5.74, 6) is -0.825. The van der Waals surface area contributed by atoms with E-state index in [0.29, 0.717) is 0 Å². The van der Waals surface area contributed by atoms with Gasteiger partial charge in [-0.05, 0) is 27.2 Å². The van der Waals surface area contributed by atoms with E-state index in [9.17, 15) is 4.79 Å². The molecule has 1 unspecified atom stereocenters. The molecule has 0 heterocycles. The van der Waals surface area contributed by atoms with Crippen LogP contribution >= 0.6 is 0 Å². The van der Waals surface area contributed by atoms with Crippen LogP contribution in [0.1, 0.15) is 27.2 Å². The fourth-order valence-electron chi connectivity index (χ4n) is 1.21. The van der Waals surface area contributed by atoms with Crippen molar-refractivity contribution >= 4 is 5.97 Å². The van der Waals surface area contributed by atoms with E-state index in [1.54, 1.807) is 13.8 Å². The predicted molar refractivity (Wildman–Crippen MR) is 58.7 cm³/mol. The molecule has 0 radical (unpaired) electrons. The van der Waals surface area contributed by atoms with Gasteiger partial charge in [-0.3, -0.25) is 4.79 Å². The Hall–Kier alpha value is -1.09. The van der Waals surface area contributed by atoms with Crippen LogP contribution in [0.4, 0.5) is 0 Å². The monoisotopic (exact) mass is 210 g/mol. The summed E-state index contributed by atoms with van der Waals surface area (Å²) in [6.07, 6.45) is 6.93. The van der Waals surface area contributed by atoms with Crippen molar-refractivity contribution in [2.24, 2.45) is 5.41 Å². The molecule has 84 valence electrons. The molecule has 0 fully saturated rings. The average molecular weight is 210 g/mol. The van der Waals surface area contributed by atoms with Gasteiger partial charge in [-0.1, -0.05) is 23.8 Å². The van der Waals surface area contributed by atoms with Crippen LogP contribution in [0.2, 0.25) is 0 Å². The van der Waals surface area contributed by atoms with Crippen molar-refractivity contribution < 1.29 is 14.6 Å². The van der Waals surface area contributed by atoms with Gasteiger partial charge in [0.2, 0.25) is 0 Å². The molecule has 1 aliphatic rings. The van der Waals surface area contributed by atoms with Crippen LogP contribution in [0, 0.1) is 5.41 Å². The molecular weight excluding hydrogens is 192 g/mol. The van der Waals surface area contributed by atoms with E-state index in [2.05, 4.69) is 6.08 Å². The summed E-state index contributed by atoms with van der Waals surface area (Å²) in [6, 6.07) is 0. The molecule has 0 saturated carbocycles. The average Bonchev–Trinajstić information content (AvgIpc) is 2.17. The Morgan fingerprint density at radius 1 is 1.67 bits per heavy atom. The highest BCUT2D eigenvalue weighted by molar-refractivity contribution is 5.73. The van der Waals surface area contributed by atoms with E-state index in [-0.39, 0.29) is 12.7 Å². The highest BCUT2D eigenvalue weighted by atomic mass is 16.5. The largest absolute Gasteiger partial charge is 0.481 e. The minimum absolute atomic E-state index is 0.0207. The molecule has 3 nitrogen and oxygen atoms in total. The predicted octanol–water partition coefficient (Wildman–Crippen LogP) is 2.39. The van der Waals surface area contributed by atoms with Crippen LogP contribution in [-0.4, -0.2) is 23.8 Å². The van der Waals surface area contributed by atoms with Gasteiger partial charge in [-0.25, -0.2) is 0 Å². The highest BCUT2D eigenvalue weighted by Gasteiger charge is 2.28. The lowest BCUT2D eigenvalue weighted by Crippen LogP contribution is -2.31. The maximum atomic E-state index is 10.8. The third-order valence-electron chi connectivity index (χ3n) is 2.48. The Morgan fingerprint density at radius 2 is 2.33 bits per heavy atom. The Bertz CT molecular complexity index is 300. The summed E-state index contributed by atoms with van der Waals surface area (Å²) in [4.78, 5) is 10.8. The molecule has 0 bridgehead atoms. The normalized spacial score (nSPS) is 21.3. The molecule has 1 N–H and O–H groups in total. The van der Waals surface area contributed by atoms with Crippen LogP contribution in [0.5, 0.6) is 0 Å². The molecule has 0 spiro atoms.